The standard InChI is InChI=1S/C14H20BrNO4/c1-5-20-13-11(15)6-10(7-12(13)19-4)14(17)16-9(2)8-18-3/h6-7,9H,5,8H2,1-4H3,(H,16,17). The summed E-state index contributed by atoms with van der Waals surface area (Å²) in [5.74, 6) is 0.929. The van der Waals surface area contributed by atoms with Crippen molar-refractivity contribution in [2.24, 2.45) is 0 Å². The predicted octanol–water partition coefficient (Wildman–Crippen LogP) is 2.62. The number of halogens is 1. The van der Waals surface area contributed by atoms with Crippen LogP contribution in [0.5, 0.6) is 11.5 Å². The molecule has 1 rings (SSSR count). The second-order valence-corrected chi connectivity index (χ2v) is 5.11. The fourth-order valence-electron chi connectivity index (χ4n) is 1.73. The van der Waals surface area contributed by atoms with Crippen LogP contribution in [0.1, 0.15) is 24.2 Å². The lowest BCUT2D eigenvalue weighted by Crippen LogP contribution is -2.35. The van der Waals surface area contributed by atoms with Crippen molar-refractivity contribution in [1.82, 2.24) is 5.32 Å². The molecule has 0 bridgehead atoms. The Bertz CT molecular complexity index is 465. The van der Waals surface area contributed by atoms with E-state index in [1.807, 2.05) is 13.8 Å². The number of carbonyl (C=O) groups is 1. The fraction of sp³-hybridized carbons (Fsp3) is 0.500. The van der Waals surface area contributed by atoms with Gasteiger partial charge in [0.1, 0.15) is 0 Å². The number of hydrogen-bond acceptors (Lipinski definition) is 4. The first kappa shape index (κ1) is 16.8. The third kappa shape index (κ3) is 4.38. The summed E-state index contributed by atoms with van der Waals surface area (Å²) in [5.41, 5.74) is 0.500. The van der Waals surface area contributed by atoms with Crippen molar-refractivity contribution in [1.29, 1.82) is 0 Å². The van der Waals surface area contributed by atoms with Crippen LogP contribution in [0.4, 0.5) is 0 Å². The third-order valence-electron chi connectivity index (χ3n) is 2.57. The number of carbonyl (C=O) groups excluding carboxylic acids is 1. The Labute approximate surface area is 127 Å². The maximum Gasteiger partial charge on any atom is 0.251 e. The van der Waals surface area contributed by atoms with Crippen LogP contribution >= 0.6 is 15.9 Å². The van der Waals surface area contributed by atoms with Crippen molar-refractivity contribution in [3.8, 4) is 11.5 Å². The summed E-state index contributed by atoms with van der Waals surface area (Å²) in [7, 11) is 3.14. The molecule has 1 aromatic carbocycles. The monoisotopic (exact) mass is 345 g/mol. The average molecular weight is 346 g/mol. The highest BCUT2D eigenvalue weighted by molar-refractivity contribution is 9.10. The first-order valence-corrected chi connectivity index (χ1v) is 7.12. The number of benzene rings is 1. The van der Waals surface area contributed by atoms with Gasteiger partial charge in [0.15, 0.2) is 11.5 Å². The minimum atomic E-state index is -0.184. The van der Waals surface area contributed by atoms with E-state index >= 15 is 0 Å². The van der Waals surface area contributed by atoms with Crippen LogP contribution in [-0.4, -0.2) is 39.4 Å². The lowest BCUT2D eigenvalue weighted by atomic mass is 10.1. The van der Waals surface area contributed by atoms with E-state index in [9.17, 15) is 4.79 Å². The molecule has 1 unspecified atom stereocenters. The van der Waals surface area contributed by atoms with Gasteiger partial charge in [0.25, 0.3) is 5.91 Å². The molecule has 112 valence electrons. The minimum absolute atomic E-state index is 0.0659. The zero-order chi connectivity index (χ0) is 15.1. The van der Waals surface area contributed by atoms with Crippen LogP contribution < -0.4 is 14.8 Å². The predicted molar refractivity (Wildman–Crippen MR) is 80.7 cm³/mol. The Morgan fingerprint density at radius 3 is 2.65 bits per heavy atom. The van der Waals surface area contributed by atoms with E-state index in [4.69, 9.17) is 14.2 Å². The lowest BCUT2D eigenvalue weighted by Gasteiger charge is -2.15. The Kier molecular flexibility index (Phi) is 6.81. The van der Waals surface area contributed by atoms with Crippen LogP contribution in [0.25, 0.3) is 0 Å². The summed E-state index contributed by atoms with van der Waals surface area (Å²) in [5, 5.41) is 2.85. The zero-order valence-corrected chi connectivity index (χ0v) is 13.7. The van der Waals surface area contributed by atoms with E-state index in [1.165, 1.54) is 0 Å². The Balaban J connectivity index is 2.96. The maximum atomic E-state index is 12.1. The highest BCUT2D eigenvalue weighted by atomic mass is 79.9. The van der Waals surface area contributed by atoms with Crippen LogP contribution in [0.2, 0.25) is 0 Å². The van der Waals surface area contributed by atoms with Crippen molar-refractivity contribution in [2.45, 2.75) is 19.9 Å². The summed E-state index contributed by atoms with van der Waals surface area (Å²) in [6.07, 6.45) is 0. The molecule has 0 aromatic heterocycles. The largest absolute Gasteiger partial charge is 0.493 e. The molecule has 0 aliphatic carbocycles. The fourth-order valence-corrected chi connectivity index (χ4v) is 2.29. The molecule has 0 fully saturated rings. The molecule has 0 saturated heterocycles. The van der Waals surface area contributed by atoms with E-state index in [-0.39, 0.29) is 11.9 Å². The van der Waals surface area contributed by atoms with Gasteiger partial charge in [-0.05, 0) is 41.9 Å². The summed E-state index contributed by atoms with van der Waals surface area (Å²) in [4.78, 5) is 12.1. The van der Waals surface area contributed by atoms with E-state index in [0.29, 0.717) is 34.7 Å². The number of hydrogen-bond donors (Lipinski definition) is 1. The molecule has 5 nitrogen and oxygen atoms in total. The minimum Gasteiger partial charge on any atom is -0.493 e. The second-order valence-electron chi connectivity index (χ2n) is 4.25. The number of methoxy groups -OCH3 is 2. The third-order valence-corrected chi connectivity index (χ3v) is 3.16. The van der Waals surface area contributed by atoms with E-state index in [2.05, 4.69) is 21.2 Å². The van der Waals surface area contributed by atoms with Crippen molar-refractivity contribution in [2.75, 3.05) is 27.4 Å². The van der Waals surface area contributed by atoms with E-state index < -0.39 is 0 Å². The average Bonchev–Trinajstić information content (AvgIpc) is 2.41. The van der Waals surface area contributed by atoms with Crippen LogP contribution in [0.3, 0.4) is 0 Å². The van der Waals surface area contributed by atoms with Gasteiger partial charge in [-0.25, -0.2) is 0 Å². The van der Waals surface area contributed by atoms with Gasteiger partial charge < -0.3 is 19.5 Å². The lowest BCUT2D eigenvalue weighted by molar-refractivity contribution is 0.0905. The number of amides is 1. The molecule has 1 amide bonds. The molecule has 1 N–H and O–H groups in total. The quantitative estimate of drug-likeness (QED) is 0.825. The normalized spacial score (nSPS) is 11.8. The Morgan fingerprint density at radius 1 is 1.40 bits per heavy atom. The highest BCUT2D eigenvalue weighted by Crippen LogP contribution is 2.36. The first-order valence-electron chi connectivity index (χ1n) is 6.33. The van der Waals surface area contributed by atoms with Crippen LogP contribution in [-0.2, 0) is 4.74 Å². The Hall–Kier alpha value is -1.27. The first-order chi connectivity index (χ1) is 9.53. The smallest absolute Gasteiger partial charge is 0.251 e. The molecule has 0 aliphatic rings. The summed E-state index contributed by atoms with van der Waals surface area (Å²) in [6.45, 7) is 4.74. The number of nitrogens with one attached hydrogen (secondary N) is 1. The van der Waals surface area contributed by atoms with Gasteiger partial charge in [-0.3, -0.25) is 4.79 Å². The van der Waals surface area contributed by atoms with Gasteiger partial charge in [-0.15, -0.1) is 0 Å². The zero-order valence-electron chi connectivity index (χ0n) is 12.2. The van der Waals surface area contributed by atoms with Crippen molar-refractivity contribution in [3.63, 3.8) is 0 Å². The van der Waals surface area contributed by atoms with Gasteiger partial charge in [0, 0.05) is 18.7 Å². The topological polar surface area (TPSA) is 56.8 Å². The number of rotatable bonds is 7. The molecule has 0 aliphatic heterocycles. The van der Waals surface area contributed by atoms with Gasteiger partial charge in [-0.2, -0.15) is 0 Å². The molecular formula is C14H20BrNO4. The van der Waals surface area contributed by atoms with Crippen LogP contribution in [0.15, 0.2) is 16.6 Å². The molecule has 6 heteroatoms. The van der Waals surface area contributed by atoms with Crippen molar-refractivity contribution in [3.05, 3.63) is 22.2 Å². The van der Waals surface area contributed by atoms with E-state index in [0.717, 1.165) is 0 Å². The molecule has 0 saturated carbocycles. The summed E-state index contributed by atoms with van der Waals surface area (Å²) in [6, 6.07) is 3.30. The molecule has 0 spiro atoms. The van der Waals surface area contributed by atoms with Gasteiger partial charge in [0.2, 0.25) is 0 Å². The molecule has 0 radical (unpaired) electrons. The number of ether oxygens (including phenoxy) is 3. The second kappa shape index (κ2) is 8.11. The van der Waals surface area contributed by atoms with Crippen molar-refractivity contribution >= 4 is 21.8 Å². The van der Waals surface area contributed by atoms with Crippen LogP contribution in [0, 0.1) is 0 Å². The summed E-state index contributed by atoms with van der Waals surface area (Å²) >= 11 is 3.40. The molecular weight excluding hydrogens is 326 g/mol. The molecule has 0 heterocycles. The Morgan fingerprint density at radius 2 is 2.10 bits per heavy atom. The SMILES string of the molecule is CCOc1c(Br)cc(C(=O)NC(C)COC)cc1OC. The molecule has 20 heavy (non-hydrogen) atoms. The van der Waals surface area contributed by atoms with Gasteiger partial charge >= 0.3 is 0 Å². The highest BCUT2D eigenvalue weighted by Gasteiger charge is 2.16. The van der Waals surface area contributed by atoms with E-state index in [1.54, 1.807) is 26.4 Å². The van der Waals surface area contributed by atoms with Gasteiger partial charge in [-0.1, -0.05) is 0 Å². The van der Waals surface area contributed by atoms with Crippen molar-refractivity contribution < 1.29 is 19.0 Å². The maximum absolute atomic E-state index is 12.1. The molecule has 1 atom stereocenters. The van der Waals surface area contributed by atoms with Gasteiger partial charge in [0.05, 0.1) is 24.8 Å². The molecule has 1 aromatic rings. The summed E-state index contributed by atoms with van der Waals surface area (Å²) < 4.78 is 16.4.